The summed E-state index contributed by atoms with van der Waals surface area (Å²) in [7, 11) is -1.74. The lowest BCUT2D eigenvalue weighted by Crippen LogP contribution is -2.50. The molecule has 2 aliphatic heterocycles. The van der Waals surface area contributed by atoms with Crippen LogP contribution in [0.5, 0.6) is 0 Å². The van der Waals surface area contributed by atoms with Crippen molar-refractivity contribution < 1.29 is 13.2 Å². The van der Waals surface area contributed by atoms with Crippen molar-refractivity contribution in [1.82, 2.24) is 19.2 Å². The molecule has 0 aliphatic carbocycles. The van der Waals surface area contributed by atoms with Crippen LogP contribution in [0.2, 0.25) is 0 Å². The van der Waals surface area contributed by atoms with Gasteiger partial charge in [0.25, 0.3) is 10.2 Å². The second-order valence-corrected chi connectivity index (χ2v) is 7.86. The van der Waals surface area contributed by atoms with Crippen molar-refractivity contribution in [2.45, 2.75) is 44.6 Å². The van der Waals surface area contributed by atoms with Gasteiger partial charge in [-0.05, 0) is 25.7 Å². The molecule has 2 saturated heterocycles. The molecule has 0 saturated carbocycles. The van der Waals surface area contributed by atoms with E-state index in [1.165, 1.54) is 0 Å². The molecule has 2 rings (SSSR count). The van der Waals surface area contributed by atoms with E-state index in [1.807, 2.05) is 0 Å². The number of rotatable bonds is 5. The van der Waals surface area contributed by atoms with Crippen LogP contribution in [0.3, 0.4) is 0 Å². The van der Waals surface area contributed by atoms with E-state index in [0.29, 0.717) is 19.6 Å². The summed E-state index contributed by atoms with van der Waals surface area (Å²) >= 11 is 0. The maximum Gasteiger partial charge on any atom is 0.279 e. The predicted octanol–water partition coefficient (Wildman–Crippen LogP) is -0.0928. The Labute approximate surface area is 133 Å². The molecule has 2 heterocycles. The average molecular weight is 332 g/mol. The summed E-state index contributed by atoms with van der Waals surface area (Å²) in [6, 6.07) is -0.0193. The molecule has 128 valence electrons. The maximum atomic E-state index is 12.4. The Hall–Kier alpha value is -0.700. The van der Waals surface area contributed by atoms with Crippen molar-refractivity contribution in [3.05, 3.63) is 0 Å². The fraction of sp³-hybridized carbons (Fsp3) is 0.929. The standard InChI is InChI=1S/C14H28N4O3S/c1-15-14(19)12-17-10-6-13(7-11-17)16-22(20,21)18-8-4-2-3-5-9-18/h13,16H,2-12H2,1H3,(H,15,19). The number of piperidine rings is 1. The minimum atomic E-state index is -3.37. The summed E-state index contributed by atoms with van der Waals surface area (Å²) in [5.41, 5.74) is 0. The zero-order valence-corrected chi connectivity index (χ0v) is 14.2. The van der Waals surface area contributed by atoms with Crippen molar-refractivity contribution in [3.8, 4) is 0 Å². The molecule has 0 aromatic rings. The number of carbonyl (C=O) groups excluding carboxylic acids is 1. The van der Waals surface area contributed by atoms with Crippen molar-refractivity contribution in [3.63, 3.8) is 0 Å². The van der Waals surface area contributed by atoms with E-state index in [0.717, 1.165) is 51.6 Å². The van der Waals surface area contributed by atoms with E-state index in [9.17, 15) is 13.2 Å². The van der Waals surface area contributed by atoms with Gasteiger partial charge in [-0.3, -0.25) is 9.69 Å². The zero-order valence-electron chi connectivity index (χ0n) is 13.4. The van der Waals surface area contributed by atoms with Crippen LogP contribution in [0.1, 0.15) is 38.5 Å². The molecule has 0 radical (unpaired) electrons. The van der Waals surface area contributed by atoms with Gasteiger partial charge in [-0.15, -0.1) is 0 Å². The van der Waals surface area contributed by atoms with Gasteiger partial charge < -0.3 is 5.32 Å². The van der Waals surface area contributed by atoms with Crippen LogP contribution in [-0.2, 0) is 15.0 Å². The summed E-state index contributed by atoms with van der Waals surface area (Å²) in [4.78, 5) is 13.4. The van der Waals surface area contributed by atoms with Gasteiger partial charge in [0.05, 0.1) is 6.54 Å². The molecule has 2 aliphatic rings. The average Bonchev–Trinajstić information content (AvgIpc) is 2.78. The highest BCUT2D eigenvalue weighted by atomic mass is 32.2. The summed E-state index contributed by atoms with van der Waals surface area (Å²) in [6.45, 7) is 3.15. The van der Waals surface area contributed by atoms with Crippen LogP contribution in [0.4, 0.5) is 0 Å². The fourth-order valence-electron chi connectivity index (χ4n) is 3.06. The van der Waals surface area contributed by atoms with Gasteiger partial charge in [0, 0.05) is 39.3 Å². The normalized spacial score (nSPS) is 23.1. The van der Waals surface area contributed by atoms with Crippen LogP contribution in [0.25, 0.3) is 0 Å². The van der Waals surface area contributed by atoms with E-state index in [1.54, 1.807) is 11.4 Å². The Morgan fingerprint density at radius 2 is 1.64 bits per heavy atom. The number of hydrogen-bond acceptors (Lipinski definition) is 4. The van der Waals surface area contributed by atoms with Crippen molar-refractivity contribution in [2.75, 3.05) is 39.8 Å². The Bertz CT molecular complexity index is 453. The maximum absolute atomic E-state index is 12.4. The first kappa shape index (κ1) is 17.7. The van der Waals surface area contributed by atoms with Gasteiger partial charge in [-0.25, -0.2) is 0 Å². The van der Waals surface area contributed by atoms with Gasteiger partial charge in [0.15, 0.2) is 0 Å². The Kier molecular flexibility index (Phi) is 6.61. The lowest BCUT2D eigenvalue weighted by atomic mass is 10.1. The number of hydrogen-bond donors (Lipinski definition) is 2. The van der Waals surface area contributed by atoms with E-state index >= 15 is 0 Å². The number of likely N-dealkylation sites (tertiary alicyclic amines) is 1. The quantitative estimate of drug-likeness (QED) is 0.737. The smallest absolute Gasteiger partial charge is 0.279 e. The Balaban J connectivity index is 1.80. The molecule has 8 heteroatoms. The molecule has 2 N–H and O–H groups in total. The first-order chi connectivity index (χ1) is 10.5. The number of amides is 1. The molecule has 0 aromatic heterocycles. The minimum Gasteiger partial charge on any atom is -0.358 e. The largest absolute Gasteiger partial charge is 0.358 e. The number of nitrogens with one attached hydrogen (secondary N) is 2. The summed E-state index contributed by atoms with van der Waals surface area (Å²) in [5.74, 6) is 0.00333. The highest BCUT2D eigenvalue weighted by Gasteiger charge is 2.28. The van der Waals surface area contributed by atoms with Crippen molar-refractivity contribution >= 4 is 16.1 Å². The van der Waals surface area contributed by atoms with Crippen molar-refractivity contribution in [1.29, 1.82) is 0 Å². The third-order valence-corrected chi connectivity index (χ3v) is 6.13. The predicted molar refractivity (Wildman–Crippen MR) is 85.6 cm³/mol. The van der Waals surface area contributed by atoms with Gasteiger partial charge in [-0.1, -0.05) is 12.8 Å². The third-order valence-electron chi connectivity index (χ3n) is 4.45. The molecule has 0 spiro atoms. The van der Waals surface area contributed by atoms with Crippen LogP contribution >= 0.6 is 0 Å². The molecule has 0 bridgehead atoms. The molecule has 0 aromatic carbocycles. The summed E-state index contributed by atoms with van der Waals surface area (Å²) in [6.07, 6.45) is 5.64. The van der Waals surface area contributed by atoms with Crippen LogP contribution in [0.15, 0.2) is 0 Å². The first-order valence-electron chi connectivity index (χ1n) is 8.21. The van der Waals surface area contributed by atoms with E-state index in [-0.39, 0.29) is 11.9 Å². The zero-order chi connectivity index (χ0) is 16.0. The van der Waals surface area contributed by atoms with Gasteiger partial charge in [0.2, 0.25) is 5.91 Å². The van der Waals surface area contributed by atoms with Gasteiger partial charge >= 0.3 is 0 Å². The van der Waals surface area contributed by atoms with E-state index in [2.05, 4.69) is 14.9 Å². The van der Waals surface area contributed by atoms with Gasteiger partial charge in [-0.2, -0.15) is 17.4 Å². The van der Waals surface area contributed by atoms with Crippen LogP contribution in [-0.4, -0.2) is 69.3 Å². The molecule has 2 fully saturated rings. The van der Waals surface area contributed by atoms with E-state index in [4.69, 9.17) is 0 Å². The summed E-state index contributed by atoms with van der Waals surface area (Å²) in [5, 5.41) is 2.61. The Morgan fingerprint density at radius 1 is 1.05 bits per heavy atom. The lowest BCUT2D eigenvalue weighted by molar-refractivity contribution is -0.122. The molecule has 1 amide bonds. The Morgan fingerprint density at radius 3 is 2.18 bits per heavy atom. The molecule has 0 unspecified atom stereocenters. The van der Waals surface area contributed by atoms with Gasteiger partial charge in [0.1, 0.15) is 0 Å². The second-order valence-electron chi connectivity index (χ2n) is 6.16. The molecular formula is C14H28N4O3S. The van der Waals surface area contributed by atoms with E-state index < -0.39 is 10.2 Å². The molecule has 22 heavy (non-hydrogen) atoms. The number of likely N-dealkylation sites (N-methyl/N-ethyl adjacent to an activating group) is 1. The number of carbonyl (C=O) groups is 1. The first-order valence-corrected chi connectivity index (χ1v) is 9.65. The second kappa shape index (κ2) is 8.24. The highest BCUT2D eigenvalue weighted by Crippen LogP contribution is 2.15. The SMILES string of the molecule is CNC(=O)CN1CCC(NS(=O)(=O)N2CCCCCC2)CC1. The lowest BCUT2D eigenvalue weighted by Gasteiger charge is -2.32. The number of nitrogens with zero attached hydrogens (tertiary/aromatic N) is 2. The van der Waals surface area contributed by atoms with Crippen LogP contribution < -0.4 is 10.0 Å². The molecule has 0 atom stereocenters. The monoisotopic (exact) mass is 332 g/mol. The molecular weight excluding hydrogens is 304 g/mol. The van der Waals surface area contributed by atoms with Crippen molar-refractivity contribution in [2.24, 2.45) is 0 Å². The minimum absolute atomic E-state index is 0.00333. The topological polar surface area (TPSA) is 81.8 Å². The fourth-order valence-corrected chi connectivity index (χ4v) is 4.60. The third kappa shape index (κ3) is 5.19. The van der Waals surface area contributed by atoms with Crippen LogP contribution in [0, 0.1) is 0 Å². The molecule has 7 nitrogen and oxygen atoms in total. The summed E-state index contributed by atoms with van der Waals surface area (Å²) < 4.78 is 29.3. The highest BCUT2D eigenvalue weighted by molar-refractivity contribution is 7.87.